The molecule has 0 aliphatic rings. The van der Waals surface area contributed by atoms with E-state index in [0.29, 0.717) is 22.5 Å². The number of anilines is 2. The van der Waals surface area contributed by atoms with Crippen molar-refractivity contribution in [1.29, 1.82) is 0 Å². The lowest BCUT2D eigenvalue weighted by Crippen LogP contribution is -1.99. The number of halogens is 2. The Hall–Kier alpha value is -2.60. The fraction of sp³-hybridized carbons (Fsp3) is 0.125. The van der Waals surface area contributed by atoms with Gasteiger partial charge < -0.3 is 15.2 Å². The van der Waals surface area contributed by atoms with Gasteiger partial charge in [0.05, 0.1) is 23.3 Å². The molecule has 5 nitrogen and oxygen atoms in total. The molecular weight excluding hydrogens is 321 g/mol. The molecule has 0 unspecified atom stereocenters. The van der Waals surface area contributed by atoms with Crippen LogP contribution in [0.25, 0.3) is 10.9 Å². The van der Waals surface area contributed by atoms with Crippen LogP contribution in [0.5, 0.6) is 11.5 Å². The molecule has 7 heteroatoms. The van der Waals surface area contributed by atoms with Crippen molar-refractivity contribution in [3.63, 3.8) is 0 Å². The largest absolute Gasteiger partial charge is 0.504 e. The van der Waals surface area contributed by atoms with Crippen molar-refractivity contribution in [2.45, 2.75) is 7.43 Å². The summed E-state index contributed by atoms with van der Waals surface area (Å²) in [6.07, 6.45) is 1.34. The average molecular weight is 336 g/mol. The Balaban J connectivity index is 0.00000192. The zero-order valence-electron chi connectivity index (χ0n) is 11.5. The lowest BCUT2D eigenvalue weighted by atomic mass is 10.2. The van der Waals surface area contributed by atoms with Gasteiger partial charge in [-0.25, -0.2) is 14.4 Å². The van der Waals surface area contributed by atoms with Crippen molar-refractivity contribution in [3.8, 4) is 11.5 Å². The molecule has 120 valence electrons. The molecule has 0 aliphatic carbocycles. The third kappa shape index (κ3) is 3.12. The molecule has 3 rings (SSSR count). The minimum absolute atomic E-state index is 0. The van der Waals surface area contributed by atoms with Gasteiger partial charge in [0.25, 0.3) is 0 Å². The molecule has 0 spiro atoms. The topological polar surface area (TPSA) is 67.3 Å². The van der Waals surface area contributed by atoms with Crippen LogP contribution in [0.1, 0.15) is 7.43 Å². The van der Waals surface area contributed by atoms with Crippen molar-refractivity contribution in [2.75, 3.05) is 12.4 Å². The molecule has 0 radical (unpaired) electrons. The van der Waals surface area contributed by atoms with Gasteiger partial charge in [-0.1, -0.05) is 25.1 Å². The number of nitrogens with zero attached hydrogens (tertiary/aromatic N) is 2. The molecule has 1 aromatic heterocycles. The van der Waals surface area contributed by atoms with Crippen LogP contribution in [-0.2, 0) is 0 Å². The molecule has 2 N–H and O–H groups in total. The van der Waals surface area contributed by atoms with E-state index in [4.69, 9.17) is 16.3 Å². The van der Waals surface area contributed by atoms with Gasteiger partial charge in [0, 0.05) is 11.5 Å². The van der Waals surface area contributed by atoms with Gasteiger partial charge in [-0.15, -0.1) is 0 Å². The van der Waals surface area contributed by atoms with E-state index in [-0.39, 0.29) is 23.9 Å². The van der Waals surface area contributed by atoms with Crippen molar-refractivity contribution in [1.82, 2.24) is 9.97 Å². The first-order valence-electron chi connectivity index (χ1n) is 6.33. The first kappa shape index (κ1) is 16.8. The second-order valence-corrected chi connectivity index (χ2v) is 4.90. The number of hydrogen-bond acceptors (Lipinski definition) is 5. The van der Waals surface area contributed by atoms with Crippen LogP contribution in [-0.4, -0.2) is 22.2 Å². The zero-order valence-corrected chi connectivity index (χ0v) is 12.2. The van der Waals surface area contributed by atoms with E-state index < -0.39 is 5.82 Å². The summed E-state index contributed by atoms with van der Waals surface area (Å²) in [5, 5.41) is 13.3. The normalized spacial score (nSPS) is 10.2. The molecule has 1 heterocycles. The molecule has 23 heavy (non-hydrogen) atoms. The molecule has 0 atom stereocenters. The Morgan fingerprint density at radius 2 is 2.04 bits per heavy atom. The Bertz CT molecular complexity index is 858. The van der Waals surface area contributed by atoms with Crippen molar-refractivity contribution >= 4 is 34.0 Å². The fourth-order valence-corrected chi connectivity index (χ4v) is 2.24. The van der Waals surface area contributed by atoms with Crippen LogP contribution >= 0.6 is 11.6 Å². The average Bonchev–Trinajstić information content (AvgIpc) is 2.52. The number of nitrogens with one attached hydrogen (secondary N) is 1. The maximum absolute atomic E-state index is 14.0. The Morgan fingerprint density at radius 3 is 2.78 bits per heavy atom. The fourth-order valence-electron chi connectivity index (χ4n) is 2.06. The summed E-state index contributed by atoms with van der Waals surface area (Å²) in [4.78, 5) is 8.20. The minimum atomic E-state index is -0.575. The quantitative estimate of drug-likeness (QED) is 0.736. The Morgan fingerprint density at radius 1 is 1.26 bits per heavy atom. The van der Waals surface area contributed by atoms with Gasteiger partial charge in [0.1, 0.15) is 12.1 Å². The summed E-state index contributed by atoms with van der Waals surface area (Å²) >= 11 is 5.76. The molecular formula is C16H15ClFN3O2. The number of hydrogen-bond donors (Lipinski definition) is 2. The van der Waals surface area contributed by atoms with Crippen molar-refractivity contribution in [2.24, 2.45) is 0 Å². The highest BCUT2D eigenvalue weighted by atomic mass is 35.5. The first-order valence-corrected chi connectivity index (χ1v) is 6.70. The van der Waals surface area contributed by atoms with E-state index in [0.717, 1.165) is 0 Å². The maximum atomic E-state index is 14.0. The number of methoxy groups -OCH3 is 1. The van der Waals surface area contributed by atoms with E-state index in [9.17, 15) is 9.50 Å². The smallest absolute Gasteiger partial charge is 0.165 e. The van der Waals surface area contributed by atoms with Gasteiger partial charge >= 0.3 is 0 Å². The molecule has 0 amide bonds. The summed E-state index contributed by atoms with van der Waals surface area (Å²) in [6, 6.07) is 7.65. The lowest BCUT2D eigenvalue weighted by Gasteiger charge is -2.11. The molecule has 0 saturated carbocycles. The van der Waals surface area contributed by atoms with Crippen LogP contribution in [0.4, 0.5) is 15.9 Å². The standard InChI is InChI=1S/C15H11ClFN3O2.CH4/c1-22-13-6-11-8(5-12(13)21)15(19-7-18-11)20-10-4-2-3-9(16)14(10)17;/h2-7,21H,1H3,(H,18,19,20);1H4. The number of aromatic hydroxyl groups is 1. The monoisotopic (exact) mass is 335 g/mol. The predicted octanol–water partition coefficient (Wildman–Crippen LogP) is 4.52. The minimum Gasteiger partial charge on any atom is -0.504 e. The highest BCUT2D eigenvalue weighted by molar-refractivity contribution is 6.31. The van der Waals surface area contributed by atoms with E-state index in [1.807, 2.05) is 0 Å². The van der Waals surface area contributed by atoms with E-state index in [1.165, 1.54) is 25.6 Å². The van der Waals surface area contributed by atoms with Gasteiger partial charge in [-0.3, -0.25) is 0 Å². The molecule has 2 aromatic carbocycles. The van der Waals surface area contributed by atoms with Crippen LogP contribution in [0.2, 0.25) is 5.02 Å². The Labute approximate surface area is 137 Å². The van der Waals surface area contributed by atoms with Crippen LogP contribution in [0.3, 0.4) is 0 Å². The van der Waals surface area contributed by atoms with Crippen molar-refractivity contribution < 1.29 is 14.2 Å². The molecule has 0 fully saturated rings. The number of fused-ring (bicyclic) bond motifs is 1. The summed E-state index contributed by atoms with van der Waals surface area (Å²) in [6.45, 7) is 0. The van der Waals surface area contributed by atoms with Crippen LogP contribution in [0, 0.1) is 5.82 Å². The maximum Gasteiger partial charge on any atom is 0.165 e. The number of phenols is 1. The molecule has 0 aliphatic heterocycles. The molecule has 0 saturated heterocycles. The first-order chi connectivity index (χ1) is 10.6. The van der Waals surface area contributed by atoms with E-state index in [1.54, 1.807) is 18.2 Å². The highest BCUT2D eigenvalue weighted by Crippen LogP contribution is 2.34. The third-order valence-electron chi connectivity index (χ3n) is 3.14. The number of phenolic OH excluding ortho intramolecular Hbond substituents is 1. The Kier molecular flexibility index (Phi) is 4.86. The van der Waals surface area contributed by atoms with Crippen LogP contribution in [0.15, 0.2) is 36.7 Å². The van der Waals surface area contributed by atoms with Gasteiger partial charge in [0.2, 0.25) is 0 Å². The number of aromatic nitrogens is 2. The number of rotatable bonds is 3. The highest BCUT2D eigenvalue weighted by Gasteiger charge is 2.12. The summed E-state index contributed by atoms with van der Waals surface area (Å²) in [7, 11) is 1.45. The van der Waals surface area contributed by atoms with E-state index >= 15 is 0 Å². The van der Waals surface area contributed by atoms with Gasteiger partial charge in [0.15, 0.2) is 17.3 Å². The van der Waals surface area contributed by atoms with Gasteiger partial charge in [-0.05, 0) is 18.2 Å². The number of ether oxygens (including phenoxy) is 1. The molecule has 0 bridgehead atoms. The summed E-state index contributed by atoms with van der Waals surface area (Å²) < 4.78 is 19.0. The SMILES string of the molecule is C.COc1cc2ncnc(Nc3cccc(Cl)c3F)c2cc1O. The zero-order chi connectivity index (χ0) is 15.7. The van der Waals surface area contributed by atoms with Crippen molar-refractivity contribution in [3.05, 3.63) is 47.5 Å². The second-order valence-electron chi connectivity index (χ2n) is 4.49. The predicted molar refractivity (Wildman–Crippen MR) is 89.2 cm³/mol. The molecule has 3 aromatic rings. The van der Waals surface area contributed by atoms with E-state index in [2.05, 4.69) is 15.3 Å². The van der Waals surface area contributed by atoms with Crippen LogP contribution < -0.4 is 10.1 Å². The van der Waals surface area contributed by atoms with Gasteiger partial charge in [-0.2, -0.15) is 0 Å². The number of benzene rings is 2. The second kappa shape index (κ2) is 6.66. The lowest BCUT2D eigenvalue weighted by molar-refractivity contribution is 0.374. The summed E-state index contributed by atoms with van der Waals surface area (Å²) in [5.41, 5.74) is 0.734. The third-order valence-corrected chi connectivity index (χ3v) is 3.43. The summed E-state index contributed by atoms with van der Waals surface area (Å²) in [5.74, 6) is 0.0169.